The molecule has 1 saturated carbocycles. The molecule has 3 aromatic heterocycles. The molecule has 1 atom stereocenters. The largest absolute Gasteiger partial charge is 0.361 e. The number of fused-ring (bicyclic) bond motifs is 2. The van der Waals surface area contributed by atoms with E-state index in [0.717, 1.165) is 58.7 Å². The number of nitrogens with zero attached hydrogens (tertiary/aromatic N) is 2. The first kappa shape index (κ1) is 26.8. The Balaban J connectivity index is 1.31. The lowest BCUT2D eigenvalue weighted by Gasteiger charge is -2.38. The third kappa shape index (κ3) is 5.12. The average Bonchev–Trinajstić information content (AvgIpc) is 3.57. The van der Waals surface area contributed by atoms with Gasteiger partial charge in [0.2, 0.25) is 5.91 Å². The van der Waals surface area contributed by atoms with Gasteiger partial charge in [0.05, 0.1) is 0 Å². The SMILES string of the molecule is Cn1c(C(=O)N[C@@](C)(Cc2c[nH]c3ccccc23)C(=O)NCC2(c3ccccn3)CCCCC2)cc2ccccc21. The van der Waals surface area contributed by atoms with Crippen LogP contribution >= 0.6 is 0 Å². The number of aryl methyl sites for hydroxylation is 1. The van der Waals surface area contributed by atoms with E-state index in [1.165, 1.54) is 6.42 Å². The highest BCUT2D eigenvalue weighted by Gasteiger charge is 2.40. The van der Waals surface area contributed by atoms with Gasteiger partial charge in [0.15, 0.2) is 0 Å². The number of rotatable bonds is 8. The van der Waals surface area contributed by atoms with E-state index in [1.54, 1.807) is 0 Å². The lowest BCUT2D eigenvalue weighted by molar-refractivity contribution is -0.127. The molecular formula is C34H37N5O2. The van der Waals surface area contributed by atoms with Crippen molar-refractivity contribution in [2.45, 2.75) is 56.4 Å². The highest BCUT2D eigenvalue weighted by molar-refractivity contribution is 6.02. The topological polar surface area (TPSA) is 91.8 Å². The van der Waals surface area contributed by atoms with Gasteiger partial charge in [-0.25, -0.2) is 0 Å². The zero-order valence-corrected chi connectivity index (χ0v) is 23.7. The van der Waals surface area contributed by atoms with E-state index in [9.17, 15) is 9.59 Å². The number of hydrogen-bond acceptors (Lipinski definition) is 3. The predicted molar refractivity (Wildman–Crippen MR) is 163 cm³/mol. The second-order valence-corrected chi connectivity index (χ2v) is 11.7. The van der Waals surface area contributed by atoms with E-state index >= 15 is 0 Å². The summed E-state index contributed by atoms with van der Waals surface area (Å²) in [6.45, 7) is 2.31. The van der Waals surface area contributed by atoms with Crippen molar-refractivity contribution in [1.29, 1.82) is 0 Å². The van der Waals surface area contributed by atoms with Crippen LogP contribution in [0.25, 0.3) is 21.8 Å². The molecule has 0 unspecified atom stereocenters. The van der Waals surface area contributed by atoms with Gasteiger partial charge in [-0.15, -0.1) is 0 Å². The fourth-order valence-corrected chi connectivity index (χ4v) is 6.53. The zero-order chi connectivity index (χ0) is 28.5. The maximum Gasteiger partial charge on any atom is 0.268 e. The second-order valence-electron chi connectivity index (χ2n) is 11.7. The Kier molecular flexibility index (Phi) is 7.12. The Labute approximate surface area is 240 Å². The molecule has 0 aliphatic heterocycles. The average molecular weight is 548 g/mol. The lowest BCUT2D eigenvalue weighted by Crippen LogP contribution is -2.60. The van der Waals surface area contributed by atoms with Crippen LogP contribution in [-0.4, -0.2) is 38.4 Å². The van der Waals surface area contributed by atoms with E-state index in [-0.39, 0.29) is 17.2 Å². The van der Waals surface area contributed by atoms with Crippen LogP contribution in [0.4, 0.5) is 0 Å². The Hall–Kier alpha value is -4.39. The van der Waals surface area contributed by atoms with Crippen molar-refractivity contribution in [2.24, 2.45) is 7.05 Å². The first-order chi connectivity index (χ1) is 19.9. The van der Waals surface area contributed by atoms with Crippen molar-refractivity contribution in [3.8, 4) is 0 Å². The summed E-state index contributed by atoms with van der Waals surface area (Å²) in [5.74, 6) is -0.478. The Morgan fingerprint density at radius 3 is 2.54 bits per heavy atom. The van der Waals surface area contributed by atoms with Gasteiger partial charge in [0, 0.05) is 65.3 Å². The van der Waals surface area contributed by atoms with Crippen LogP contribution in [-0.2, 0) is 23.7 Å². The summed E-state index contributed by atoms with van der Waals surface area (Å²) in [6, 6.07) is 23.8. The summed E-state index contributed by atoms with van der Waals surface area (Å²) >= 11 is 0. The number of carbonyl (C=O) groups is 2. The molecule has 1 fully saturated rings. The predicted octanol–water partition coefficient (Wildman–Crippen LogP) is 5.80. The van der Waals surface area contributed by atoms with Crippen molar-refractivity contribution in [1.82, 2.24) is 25.2 Å². The number of amides is 2. The first-order valence-corrected chi connectivity index (χ1v) is 14.5. The van der Waals surface area contributed by atoms with E-state index in [0.29, 0.717) is 18.7 Å². The van der Waals surface area contributed by atoms with Gasteiger partial charge in [-0.3, -0.25) is 14.6 Å². The molecule has 3 heterocycles. The molecule has 0 saturated heterocycles. The monoisotopic (exact) mass is 547 g/mol. The Morgan fingerprint density at radius 2 is 1.76 bits per heavy atom. The molecule has 7 nitrogen and oxygen atoms in total. The standard InChI is InChI=1S/C34H37N5O2/c1-33(21-25-22-36-27-14-6-5-13-26(25)27,38-31(40)29-20-24-12-4-7-15-28(24)39(29)2)32(41)37-23-34(17-9-3-10-18-34)30-16-8-11-19-35-30/h4-8,11-16,19-20,22,36H,3,9-10,17-18,21,23H2,1-2H3,(H,37,41)(H,38,40)/t33-/m0/s1. The molecule has 41 heavy (non-hydrogen) atoms. The van der Waals surface area contributed by atoms with Gasteiger partial charge in [-0.2, -0.15) is 0 Å². The fourth-order valence-electron chi connectivity index (χ4n) is 6.53. The minimum atomic E-state index is -1.20. The molecule has 2 aromatic carbocycles. The molecule has 5 aromatic rings. The number of benzene rings is 2. The van der Waals surface area contributed by atoms with Gasteiger partial charge < -0.3 is 20.2 Å². The third-order valence-electron chi connectivity index (χ3n) is 8.90. The number of para-hydroxylation sites is 2. The normalized spacial score (nSPS) is 16.3. The van der Waals surface area contributed by atoms with Crippen molar-refractivity contribution in [3.63, 3.8) is 0 Å². The van der Waals surface area contributed by atoms with Crippen LogP contribution in [0.5, 0.6) is 0 Å². The third-order valence-corrected chi connectivity index (χ3v) is 8.90. The van der Waals surface area contributed by atoms with Crippen molar-refractivity contribution < 1.29 is 9.59 Å². The van der Waals surface area contributed by atoms with Gasteiger partial charge >= 0.3 is 0 Å². The van der Waals surface area contributed by atoms with Gasteiger partial charge in [0.1, 0.15) is 11.2 Å². The zero-order valence-electron chi connectivity index (χ0n) is 23.7. The number of H-pyrrole nitrogens is 1. The van der Waals surface area contributed by atoms with Gasteiger partial charge in [-0.1, -0.05) is 61.7 Å². The smallest absolute Gasteiger partial charge is 0.268 e. The highest BCUT2D eigenvalue weighted by atomic mass is 16.2. The molecule has 3 N–H and O–H groups in total. The van der Waals surface area contributed by atoms with E-state index in [2.05, 4.69) is 21.7 Å². The molecule has 0 radical (unpaired) electrons. The van der Waals surface area contributed by atoms with E-state index in [1.807, 2.05) is 97.7 Å². The van der Waals surface area contributed by atoms with Crippen molar-refractivity contribution in [3.05, 3.63) is 102 Å². The molecule has 6 rings (SSSR count). The molecule has 2 amide bonds. The van der Waals surface area contributed by atoms with Crippen LogP contribution in [0.3, 0.4) is 0 Å². The molecule has 1 aliphatic carbocycles. The fraction of sp³-hybridized carbons (Fsp3) is 0.324. The highest BCUT2D eigenvalue weighted by Crippen LogP contribution is 2.38. The van der Waals surface area contributed by atoms with E-state index in [4.69, 9.17) is 4.98 Å². The second kappa shape index (κ2) is 10.9. The summed E-state index contributed by atoms with van der Waals surface area (Å²) in [5, 5.41) is 8.46. The summed E-state index contributed by atoms with van der Waals surface area (Å²) < 4.78 is 1.88. The number of aromatic amines is 1. The Bertz CT molecular complexity index is 1700. The van der Waals surface area contributed by atoms with E-state index < -0.39 is 5.54 Å². The summed E-state index contributed by atoms with van der Waals surface area (Å²) in [5.41, 5.74) is 3.08. The van der Waals surface area contributed by atoms with Crippen LogP contribution in [0.15, 0.2) is 85.2 Å². The van der Waals surface area contributed by atoms with Crippen molar-refractivity contribution in [2.75, 3.05) is 6.54 Å². The molecule has 1 aliphatic rings. The summed E-state index contributed by atoms with van der Waals surface area (Å²) in [4.78, 5) is 36.0. The number of pyridine rings is 1. The maximum absolute atomic E-state index is 14.2. The van der Waals surface area contributed by atoms with Crippen LogP contribution in [0.1, 0.15) is 60.8 Å². The van der Waals surface area contributed by atoms with Gasteiger partial charge in [0.25, 0.3) is 5.91 Å². The van der Waals surface area contributed by atoms with Crippen LogP contribution in [0, 0.1) is 0 Å². The maximum atomic E-state index is 14.2. The van der Waals surface area contributed by atoms with Gasteiger partial charge in [-0.05, 0) is 55.7 Å². The quantitative estimate of drug-likeness (QED) is 0.229. The molecule has 210 valence electrons. The Morgan fingerprint density at radius 1 is 1.00 bits per heavy atom. The molecule has 7 heteroatoms. The molecule has 0 bridgehead atoms. The summed E-state index contributed by atoms with van der Waals surface area (Å²) in [6.07, 6.45) is 9.48. The first-order valence-electron chi connectivity index (χ1n) is 14.5. The number of aromatic nitrogens is 3. The molecular weight excluding hydrogens is 510 g/mol. The molecule has 0 spiro atoms. The number of nitrogens with one attached hydrogen (secondary N) is 3. The lowest BCUT2D eigenvalue weighted by atomic mass is 9.71. The number of hydrogen-bond donors (Lipinski definition) is 3. The number of carbonyl (C=O) groups excluding carboxylic acids is 2. The van der Waals surface area contributed by atoms with Crippen molar-refractivity contribution >= 4 is 33.6 Å². The summed E-state index contributed by atoms with van der Waals surface area (Å²) in [7, 11) is 1.88. The van der Waals surface area contributed by atoms with Crippen LogP contribution in [0.2, 0.25) is 0 Å². The van der Waals surface area contributed by atoms with Crippen LogP contribution < -0.4 is 10.6 Å². The minimum Gasteiger partial charge on any atom is -0.361 e. The minimum absolute atomic E-state index is 0.198.